The molecular weight excluding hydrogens is 254 g/mol. The summed E-state index contributed by atoms with van der Waals surface area (Å²) in [6.07, 6.45) is 4.48. The molecule has 1 N–H and O–H groups in total. The summed E-state index contributed by atoms with van der Waals surface area (Å²) in [5.41, 5.74) is 0. The fourth-order valence-electron chi connectivity index (χ4n) is 2.90. The van der Waals surface area contributed by atoms with Crippen LogP contribution in [0.1, 0.15) is 43.5 Å². The molecular formula is C15H27N3S. The number of piperazine rings is 1. The minimum absolute atomic E-state index is 0.642. The smallest absolute Gasteiger partial charge is 0.107 e. The Morgan fingerprint density at radius 2 is 2.32 bits per heavy atom. The van der Waals surface area contributed by atoms with Gasteiger partial charge in [-0.05, 0) is 25.7 Å². The summed E-state index contributed by atoms with van der Waals surface area (Å²) < 4.78 is 0. The van der Waals surface area contributed by atoms with Gasteiger partial charge in [-0.15, -0.1) is 11.3 Å². The fourth-order valence-corrected chi connectivity index (χ4v) is 3.71. The number of hydrogen-bond donors (Lipinski definition) is 1. The highest BCUT2D eigenvalue weighted by Crippen LogP contribution is 2.20. The van der Waals surface area contributed by atoms with Gasteiger partial charge in [0.05, 0.1) is 6.54 Å². The van der Waals surface area contributed by atoms with Gasteiger partial charge in [0.15, 0.2) is 0 Å². The van der Waals surface area contributed by atoms with Crippen molar-refractivity contribution in [2.45, 2.75) is 59.2 Å². The van der Waals surface area contributed by atoms with Crippen molar-refractivity contribution in [2.75, 3.05) is 13.1 Å². The normalized spacial score (nSPS) is 25.1. The highest BCUT2D eigenvalue weighted by Gasteiger charge is 2.27. The Balaban J connectivity index is 1.97. The summed E-state index contributed by atoms with van der Waals surface area (Å²) in [7, 11) is 0. The summed E-state index contributed by atoms with van der Waals surface area (Å²) in [5, 5.41) is 4.98. The van der Waals surface area contributed by atoms with Crippen molar-refractivity contribution in [3.63, 3.8) is 0 Å². The summed E-state index contributed by atoms with van der Waals surface area (Å²) >= 11 is 1.84. The molecule has 1 aromatic heterocycles. The Kier molecular flexibility index (Phi) is 5.37. The number of rotatable bonds is 5. The summed E-state index contributed by atoms with van der Waals surface area (Å²) in [6.45, 7) is 12.3. The van der Waals surface area contributed by atoms with E-state index >= 15 is 0 Å². The van der Waals surface area contributed by atoms with Gasteiger partial charge in [0, 0.05) is 36.2 Å². The van der Waals surface area contributed by atoms with E-state index in [1.807, 2.05) is 17.5 Å². The SMILES string of the molecule is CCC1CNC(CC(C)C)CN1Cc1ncc(C)s1. The first kappa shape index (κ1) is 14.9. The van der Waals surface area contributed by atoms with Crippen molar-refractivity contribution in [1.29, 1.82) is 0 Å². The predicted molar refractivity (Wildman–Crippen MR) is 82.6 cm³/mol. The number of thiazole rings is 1. The Labute approximate surface area is 121 Å². The Bertz CT molecular complexity index is 388. The van der Waals surface area contributed by atoms with E-state index in [-0.39, 0.29) is 0 Å². The van der Waals surface area contributed by atoms with Crippen LogP contribution in [0, 0.1) is 12.8 Å². The van der Waals surface area contributed by atoms with E-state index in [0.717, 1.165) is 25.6 Å². The molecule has 2 unspecified atom stereocenters. The maximum Gasteiger partial charge on any atom is 0.107 e. The van der Waals surface area contributed by atoms with E-state index in [2.05, 4.69) is 42.9 Å². The first-order chi connectivity index (χ1) is 9.08. The van der Waals surface area contributed by atoms with Crippen LogP contribution >= 0.6 is 11.3 Å². The number of aromatic nitrogens is 1. The molecule has 0 saturated carbocycles. The standard InChI is InChI=1S/C15H27N3S/c1-5-14-8-16-13(6-11(2)3)9-18(14)10-15-17-7-12(4)19-15/h7,11,13-14,16H,5-6,8-10H2,1-4H3. The molecule has 4 heteroatoms. The van der Waals surface area contributed by atoms with Crippen LogP contribution in [0.5, 0.6) is 0 Å². The lowest BCUT2D eigenvalue weighted by Gasteiger charge is -2.40. The molecule has 0 bridgehead atoms. The quantitative estimate of drug-likeness (QED) is 0.899. The lowest BCUT2D eigenvalue weighted by atomic mass is 9.99. The van der Waals surface area contributed by atoms with E-state index in [1.165, 1.54) is 22.7 Å². The topological polar surface area (TPSA) is 28.2 Å². The molecule has 1 saturated heterocycles. The minimum Gasteiger partial charge on any atom is -0.311 e. The maximum atomic E-state index is 4.52. The molecule has 0 radical (unpaired) electrons. The highest BCUT2D eigenvalue weighted by atomic mass is 32.1. The molecule has 1 fully saturated rings. The zero-order valence-corrected chi connectivity index (χ0v) is 13.5. The molecule has 1 aromatic rings. The maximum absolute atomic E-state index is 4.52. The van der Waals surface area contributed by atoms with Gasteiger partial charge >= 0.3 is 0 Å². The van der Waals surface area contributed by atoms with Gasteiger partial charge in [-0.3, -0.25) is 4.90 Å². The second kappa shape index (κ2) is 6.82. The molecule has 0 spiro atoms. The Hall–Kier alpha value is -0.450. The van der Waals surface area contributed by atoms with E-state index in [0.29, 0.717) is 12.1 Å². The van der Waals surface area contributed by atoms with Gasteiger partial charge < -0.3 is 5.32 Å². The molecule has 3 nitrogen and oxygen atoms in total. The second-order valence-electron chi connectivity index (χ2n) is 6.09. The number of nitrogens with zero attached hydrogens (tertiary/aromatic N) is 2. The first-order valence-corrected chi connectivity index (χ1v) is 8.28. The monoisotopic (exact) mass is 281 g/mol. The lowest BCUT2D eigenvalue weighted by Crippen LogP contribution is -2.56. The number of aryl methyl sites for hydroxylation is 1. The average molecular weight is 281 g/mol. The molecule has 0 aliphatic carbocycles. The first-order valence-electron chi connectivity index (χ1n) is 7.47. The van der Waals surface area contributed by atoms with Crippen molar-refractivity contribution in [2.24, 2.45) is 5.92 Å². The van der Waals surface area contributed by atoms with Crippen LogP contribution in [0.25, 0.3) is 0 Å². The van der Waals surface area contributed by atoms with Crippen LogP contribution in [0.15, 0.2) is 6.20 Å². The summed E-state index contributed by atoms with van der Waals surface area (Å²) in [5.74, 6) is 0.764. The molecule has 2 atom stereocenters. The molecule has 19 heavy (non-hydrogen) atoms. The molecule has 1 aliphatic rings. The fraction of sp³-hybridized carbons (Fsp3) is 0.800. The van der Waals surface area contributed by atoms with Gasteiger partial charge in [-0.2, -0.15) is 0 Å². The van der Waals surface area contributed by atoms with Crippen LogP contribution in [-0.2, 0) is 6.54 Å². The van der Waals surface area contributed by atoms with Gasteiger partial charge in [0.1, 0.15) is 5.01 Å². The third kappa shape index (κ3) is 4.26. The third-order valence-electron chi connectivity index (χ3n) is 3.85. The van der Waals surface area contributed by atoms with Crippen LogP contribution in [0.4, 0.5) is 0 Å². The zero-order valence-electron chi connectivity index (χ0n) is 12.6. The number of nitrogens with one attached hydrogen (secondary N) is 1. The number of hydrogen-bond acceptors (Lipinski definition) is 4. The lowest BCUT2D eigenvalue weighted by molar-refractivity contribution is 0.111. The zero-order chi connectivity index (χ0) is 13.8. The second-order valence-corrected chi connectivity index (χ2v) is 7.41. The Morgan fingerprint density at radius 1 is 1.53 bits per heavy atom. The summed E-state index contributed by atoms with van der Waals surface area (Å²) in [6, 6.07) is 1.30. The van der Waals surface area contributed by atoms with Crippen LogP contribution < -0.4 is 5.32 Å². The highest BCUT2D eigenvalue weighted by molar-refractivity contribution is 7.11. The van der Waals surface area contributed by atoms with Crippen molar-refractivity contribution in [1.82, 2.24) is 15.2 Å². The van der Waals surface area contributed by atoms with Crippen molar-refractivity contribution in [3.8, 4) is 0 Å². The van der Waals surface area contributed by atoms with Crippen molar-refractivity contribution < 1.29 is 0 Å². The van der Waals surface area contributed by atoms with E-state index in [9.17, 15) is 0 Å². The van der Waals surface area contributed by atoms with Gasteiger partial charge in [-0.1, -0.05) is 20.8 Å². The minimum atomic E-state index is 0.642. The molecule has 0 aromatic carbocycles. The molecule has 0 amide bonds. The van der Waals surface area contributed by atoms with Crippen LogP contribution in [-0.4, -0.2) is 35.1 Å². The van der Waals surface area contributed by atoms with E-state index < -0.39 is 0 Å². The largest absolute Gasteiger partial charge is 0.311 e. The predicted octanol–water partition coefficient (Wildman–Crippen LogP) is 3.05. The van der Waals surface area contributed by atoms with Crippen LogP contribution in [0.3, 0.4) is 0 Å². The molecule has 2 rings (SSSR count). The summed E-state index contributed by atoms with van der Waals surface area (Å²) in [4.78, 5) is 8.46. The third-order valence-corrected chi connectivity index (χ3v) is 4.75. The van der Waals surface area contributed by atoms with E-state index in [1.54, 1.807) is 0 Å². The van der Waals surface area contributed by atoms with Crippen molar-refractivity contribution in [3.05, 3.63) is 16.1 Å². The molecule has 108 valence electrons. The van der Waals surface area contributed by atoms with Crippen LogP contribution in [0.2, 0.25) is 0 Å². The van der Waals surface area contributed by atoms with Crippen molar-refractivity contribution >= 4 is 11.3 Å². The van der Waals surface area contributed by atoms with Gasteiger partial charge in [0.2, 0.25) is 0 Å². The average Bonchev–Trinajstić information content (AvgIpc) is 2.74. The molecule has 1 aliphatic heterocycles. The van der Waals surface area contributed by atoms with Gasteiger partial charge in [0.25, 0.3) is 0 Å². The molecule has 2 heterocycles. The van der Waals surface area contributed by atoms with E-state index in [4.69, 9.17) is 0 Å². The van der Waals surface area contributed by atoms with Gasteiger partial charge in [-0.25, -0.2) is 4.98 Å². The Morgan fingerprint density at radius 3 is 2.89 bits per heavy atom.